The summed E-state index contributed by atoms with van der Waals surface area (Å²) in [5, 5.41) is 0. The summed E-state index contributed by atoms with van der Waals surface area (Å²) in [4.78, 5) is 23.6. The van der Waals surface area contributed by atoms with E-state index in [1.807, 2.05) is 49.4 Å². The second-order valence-electron chi connectivity index (χ2n) is 4.96. The number of benzene rings is 2. The van der Waals surface area contributed by atoms with E-state index in [1.54, 1.807) is 12.1 Å². The van der Waals surface area contributed by atoms with Crippen LogP contribution in [-0.2, 0) is 11.2 Å². The van der Waals surface area contributed by atoms with Crippen LogP contribution in [0.2, 0.25) is 0 Å². The molecular formula is C18H20N2O3. The fourth-order valence-corrected chi connectivity index (χ4v) is 1.93. The number of hydrogen-bond donors (Lipinski definition) is 2. The first-order valence-corrected chi connectivity index (χ1v) is 7.55. The van der Waals surface area contributed by atoms with Gasteiger partial charge < -0.3 is 4.74 Å². The summed E-state index contributed by atoms with van der Waals surface area (Å²) in [6.07, 6.45) is 1.07. The quantitative estimate of drug-likeness (QED) is 0.805. The van der Waals surface area contributed by atoms with E-state index in [0.29, 0.717) is 11.3 Å². The van der Waals surface area contributed by atoms with Gasteiger partial charge >= 0.3 is 0 Å². The molecule has 2 aromatic rings. The molecular weight excluding hydrogens is 292 g/mol. The van der Waals surface area contributed by atoms with Crippen molar-refractivity contribution >= 4 is 11.8 Å². The largest absolute Gasteiger partial charge is 0.493 e. The lowest BCUT2D eigenvalue weighted by atomic mass is 10.1. The van der Waals surface area contributed by atoms with E-state index in [9.17, 15) is 9.59 Å². The molecule has 5 nitrogen and oxygen atoms in total. The van der Waals surface area contributed by atoms with Crippen LogP contribution in [0.15, 0.2) is 54.6 Å². The normalized spacial score (nSPS) is 9.96. The third-order valence-corrected chi connectivity index (χ3v) is 3.28. The van der Waals surface area contributed by atoms with E-state index in [4.69, 9.17) is 4.74 Å². The molecule has 0 bridgehead atoms. The van der Waals surface area contributed by atoms with Crippen molar-refractivity contribution in [3.63, 3.8) is 0 Å². The van der Waals surface area contributed by atoms with Crippen molar-refractivity contribution in [1.82, 2.24) is 10.9 Å². The van der Waals surface area contributed by atoms with Crippen LogP contribution in [0.5, 0.6) is 5.75 Å². The average molecular weight is 312 g/mol. The predicted molar refractivity (Wildman–Crippen MR) is 88.0 cm³/mol. The Kier molecular flexibility index (Phi) is 6.17. The van der Waals surface area contributed by atoms with Crippen LogP contribution in [0.1, 0.15) is 29.3 Å². The Morgan fingerprint density at radius 2 is 1.65 bits per heavy atom. The molecule has 0 atom stereocenters. The van der Waals surface area contributed by atoms with E-state index in [0.717, 1.165) is 12.0 Å². The molecule has 5 heteroatoms. The molecule has 2 N–H and O–H groups in total. The number of carbonyl (C=O) groups is 2. The third kappa shape index (κ3) is 5.47. The lowest BCUT2D eigenvalue weighted by Gasteiger charge is -2.09. The van der Waals surface area contributed by atoms with Gasteiger partial charge in [-0.05, 0) is 36.2 Å². The van der Waals surface area contributed by atoms with E-state index < -0.39 is 0 Å². The zero-order valence-electron chi connectivity index (χ0n) is 13.0. The van der Waals surface area contributed by atoms with Gasteiger partial charge in [-0.3, -0.25) is 20.4 Å². The molecule has 2 aromatic carbocycles. The van der Waals surface area contributed by atoms with Crippen molar-refractivity contribution < 1.29 is 14.3 Å². The van der Waals surface area contributed by atoms with E-state index in [-0.39, 0.29) is 24.8 Å². The number of hydrazine groups is 1. The molecule has 0 unspecified atom stereocenters. The minimum Gasteiger partial charge on any atom is -0.493 e. The summed E-state index contributed by atoms with van der Waals surface area (Å²) in [6, 6.07) is 16.5. The summed E-state index contributed by atoms with van der Waals surface area (Å²) >= 11 is 0. The SMILES string of the molecule is CCc1ccc(C(=O)NNC(=O)CCOc2ccccc2)cc1. The van der Waals surface area contributed by atoms with Gasteiger partial charge in [0.1, 0.15) is 5.75 Å². The van der Waals surface area contributed by atoms with Crippen LogP contribution in [0.25, 0.3) is 0 Å². The van der Waals surface area contributed by atoms with Crippen LogP contribution in [0, 0.1) is 0 Å². The van der Waals surface area contributed by atoms with Gasteiger partial charge in [0.25, 0.3) is 5.91 Å². The van der Waals surface area contributed by atoms with Crippen molar-refractivity contribution in [3.8, 4) is 5.75 Å². The Hall–Kier alpha value is -2.82. The van der Waals surface area contributed by atoms with Gasteiger partial charge in [-0.25, -0.2) is 0 Å². The van der Waals surface area contributed by atoms with Gasteiger partial charge in [0.15, 0.2) is 0 Å². The van der Waals surface area contributed by atoms with E-state index in [1.165, 1.54) is 0 Å². The smallest absolute Gasteiger partial charge is 0.269 e. The molecule has 120 valence electrons. The molecule has 0 aromatic heterocycles. The zero-order valence-corrected chi connectivity index (χ0v) is 13.0. The van der Waals surface area contributed by atoms with Crippen LogP contribution in [0.4, 0.5) is 0 Å². The van der Waals surface area contributed by atoms with E-state index >= 15 is 0 Å². The lowest BCUT2D eigenvalue weighted by Crippen LogP contribution is -2.42. The maximum absolute atomic E-state index is 11.9. The second kappa shape index (κ2) is 8.58. The molecule has 23 heavy (non-hydrogen) atoms. The number of hydrogen-bond acceptors (Lipinski definition) is 3. The van der Waals surface area contributed by atoms with Gasteiger partial charge in [0.05, 0.1) is 13.0 Å². The Balaban J connectivity index is 1.70. The Labute approximate surface area is 135 Å². The number of ether oxygens (including phenoxy) is 1. The third-order valence-electron chi connectivity index (χ3n) is 3.28. The number of amides is 2. The minimum atomic E-state index is -0.343. The molecule has 0 saturated carbocycles. The summed E-state index contributed by atoms with van der Waals surface area (Å²) in [7, 11) is 0. The molecule has 0 aliphatic heterocycles. The fraction of sp³-hybridized carbons (Fsp3) is 0.222. The molecule has 0 radical (unpaired) electrons. The first-order valence-electron chi connectivity index (χ1n) is 7.55. The second-order valence-corrected chi connectivity index (χ2v) is 4.96. The average Bonchev–Trinajstić information content (AvgIpc) is 2.60. The summed E-state index contributed by atoms with van der Waals surface area (Å²) in [5.74, 6) is 0.0600. The van der Waals surface area contributed by atoms with Gasteiger partial charge in [0, 0.05) is 5.56 Å². The highest BCUT2D eigenvalue weighted by molar-refractivity contribution is 5.95. The molecule has 0 aliphatic rings. The predicted octanol–water partition coefficient (Wildman–Crippen LogP) is 2.48. The first kappa shape index (κ1) is 16.5. The highest BCUT2D eigenvalue weighted by Gasteiger charge is 2.07. The maximum atomic E-state index is 11.9. The number of nitrogens with one attached hydrogen (secondary N) is 2. The van der Waals surface area contributed by atoms with Crippen LogP contribution in [-0.4, -0.2) is 18.4 Å². The topological polar surface area (TPSA) is 67.4 Å². The minimum absolute atomic E-state index is 0.157. The highest BCUT2D eigenvalue weighted by atomic mass is 16.5. The van der Waals surface area contributed by atoms with Crippen molar-refractivity contribution in [1.29, 1.82) is 0 Å². The standard InChI is InChI=1S/C18H20N2O3/c1-2-14-8-10-15(11-9-14)18(22)20-19-17(21)12-13-23-16-6-4-3-5-7-16/h3-11H,2,12-13H2,1H3,(H,19,21)(H,20,22). The number of para-hydroxylation sites is 1. The molecule has 0 heterocycles. The van der Waals surface area contributed by atoms with Gasteiger partial charge in [-0.15, -0.1) is 0 Å². The monoisotopic (exact) mass is 312 g/mol. The van der Waals surface area contributed by atoms with Crippen molar-refractivity contribution in [3.05, 3.63) is 65.7 Å². The maximum Gasteiger partial charge on any atom is 0.269 e. The van der Waals surface area contributed by atoms with Crippen LogP contribution >= 0.6 is 0 Å². The zero-order chi connectivity index (χ0) is 16.5. The van der Waals surface area contributed by atoms with Crippen LogP contribution < -0.4 is 15.6 Å². The Morgan fingerprint density at radius 3 is 2.30 bits per heavy atom. The Morgan fingerprint density at radius 1 is 0.957 bits per heavy atom. The lowest BCUT2D eigenvalue weighted by molar-refractivity contribution is -0.122. The first-order chi connectivity index (χ1) is 11.2. The molecule has 0 saturated heterocycles. The van der Waals surface area contributed by atoms with Gasteiger partial charge in [0.2, 0.25) is 5.91 Å². The summed E-state index contributed by atoms with van der Waals surface area (Å²) in [6.45, 7) is 2.30. The van der Waals surface area contributed by atoms with Crippen molar-refractivity contribution in [2.24, 2.45) is 0 Å². The molecule has 0 spiro atoms. The van der Waals surface area contributed by atoms with Crippen molar-refractivity contribution in [2.75, 3.05) is 6.61 Å². The number of aryl methyl sites for hydroxylation is 1. The summed E-state index contributed by atoms with van der Waals surface area (Å²) < 4.78 is 5.42. The molecule has 0 aliphatic carbocycles. The van der Waals surface area contributed by atoms with E-state index in [2.05, 4.69) is 10.9 Å². The fourth-order valence-electron chi connectivity index (χ4n) is 1.93. The summed E-state index contributed by atoms with van der Waals surface area (Å²) in [5.41, 5.74) is 6.43. The number of rotatable bonds is 6. The van der Waals surface area contributed by atoms with Gasteiger partial charge in [-0.1, -0.05) is 37.3 Å². The molecule has 2 rings (SSSR count). The Bertz CT molecular complexity index is 639. The van der Waals surface area contributed by atoms with Crippen LogP contribution in [0.3, 0.4) is 0 Å². The molecule has 2 amide bonds. The number of carbonyl (C=O) groups excluding carboxylic acids is 2. The highest BCUT2D eigenvalue weighted by Crippen LogP contribution is 2.08. The molecule has 0 fully saturated rings. The van der Waals surface area contributed by atoms with Crippen molar-refractivity contribution in [2.45, 2.75) is 19.8 Å². The van der Waals surface area contributed by atoms with Gasteiger partial charge in [-0.2, -0.15) is 0 Å².